The molecular weight excluding hydrogens is 590 g/mol. The van der Waals surface area contributed by atoms with Crippen molar-refractivity contribution < 1.29 is 33.3 Å². The summed E-state index contributed by atoms with van der Waals surface area (Å²) in [5.74, 6) is -1.64. The van der Waals surface area contributed by atoms with Crippen LogP contribution in [0, 0.1) is 11.3 Å². The first-order valence-corrected chi connectivity index (χ1v) is 14.1. The van der Waals surface area contributed by atoms with Gasteiger partial charge in [-0.05, 0) is 57.4 Å². The van der Waals surface area contributed by atoms with Gasteiger partial charge in [0.1, 0.15) is 23.3 Å². The average molecular weight is 620 g/mol. The Morgan fingerprint density at radius 2 is 1.74 bits per heavy atom. The van der Waals surface area contributed by atoms with Gasteiger partial charge in [0.15, 0.2) is 5.76 Å². The summed E-state index contributed by atoms with van der Waals surface area (Å²) < 4.78 is 22.4. The van der Waals surface area contributed by atoms with Crippen LogP contribution in [-0.2, 0) is 23.9 Å². The zero-order valence-corrected chi connectivity index (χ0v) is 25.2. The van der Waals surface area contributed by atoms with Crippen LogP contribution in [0.15, 0.2) is 96.6 Å². The zero-order chi connectivity index (χ0) is 32.6. The molecule has 0 fully saturated rings. The van der Waals surface area contributed by atoms with Crippen LogP contribution in [0.1, 0.15) is 12.5 Å². The highest BCUT2D eigenvalue weighted by atomic mass is 16.6. The summed E-state index contributed by atoms with van der Waals surface area (Å²) >= 11 is 0. The Bertz CT molecular complexity index is 1910. The molecule has 232 valence electrons. The molecule has 12 heteroatoms. The number of hydrogen-bond acceptors (Lipinski definition) is 11. The molecule has 4 aromatic rings. The van der Waals surface area contributed by atoms with Crippen LogP contribution in [0.3, 0.4) is 0 Å². The number of para-hydroxylation sites is 1. The number of nitrogens with zero attached hydrogens (tertiary/aromatic N) is 3. The Morgan fingerprint density at radius 1 is 0.978 bits per heavy atom. The van der Waals surface area contributed by atoms with Crippen molar-refractivity contribution >= 4 is 45.8 Å². The zero-order valence-electron chi connectivity index (χ0n) is 25.2. The maximum Gasteiger partial charge on any atom is 0.336 e. The molecule has 0 radical (unpaired) electrons. The van der Waals surface area contributed by atoms with Crippen molar-refractivity contribution in [3.63, 3.8) is 0 Å². The van der Waals surface area contributed by atoms with Crippen LogP contribution in [0.25, 0.3) is 10.9 Å². The quantitative estimate of drug-likeness (QED) is 0.219. The number of likely N-dealkylation sites (N-methyl/N-ethyl adjacent to an activating group) is 1. The number of hydrogen-bond donors (Lipinski definition) is 2. The van der Waals surface area contributed by atoms with E-state index in [1.165, 1.54) is 0 Å². The largest absolute Gasteiger partial charge is 0.492 e. The molecule has 0 saturated heterocycles. The number of esters is 2. The number of carbonyl (C=O) groups is 3. The highest BCUT2D eigenvalue weighted by Crippen LogP contribution is 2.39. The first-order valence-electron chi connectivity index (χ1n) is 14.1. The molecular formula is C34H29N5O7. The van der Waals surface area contributed by atoms with Gasteiger partial charge < -0.3 is 34.5 Å². The van der Waals surface area contributed by atoms with Gasteiger partial charge in [-0.2, -0.15) is 5.26 Å². The van der Waals surface area contributed by atoms with E-state index in [-0.39, 0.29) is 17.9 Å². The van der Waals surface area contributed by atoms with Crippen molar-refractivity contribution in [1.29, 1.82) is 5.26 Å². The standard InChI is InChI=1S/C34H29N5O7/c1-4-43-28-18-24(44-23-8-6-5-7-9-23)16-21(19-35)32(28)38-27-14-15-36-26-11-10-22(17-25(26)27)37-34(42)33-29(20-39(2)3)45-30(40)12-13-31(41)46-33/h5-18H,4,20H2,1-3H3,(H,36,38)(H,37,42)/b13-12-,33-29+. The Morgan fingerprint density at radius 3 is 2.46 bits per heavy atom. The summed E-state index contributed by atoms with van der Waals surface area (Å²) in [5.41, 5.74) is 2.19. The molecule has 12 nitrogen and oxygen atoms in total. The number of benzene rings is 3. The van der Waals surface area contributed by atoms with Gasteiger partial charge in [0, 0.05) is 47.2 Å². The number of anilines is 3. The number of carbonyl (C=O) groups excluding carboxylic acids is 3. The first-order chi connectivity index (χ1) is 22.2. The molecule has 0 bridgehead atoms. The molecule has 0 saturated carbocycles. The Hall–Kier alpha value is -6.19. The van der Waals surface area contributed by atoms with Gasteiger partial charge in [-0.1, -0.05) is 18.2 Å². The highest BCUT2D eigenvalue weighted by molar-refractivity contribution is 6.07. The van der Waals surface area contributed by atoms with E-state index in [0.717, 1.165) is 12.2 Å². The lowest BCUT2D eigenvalue weighted by atomic mass is 10.1. The topological polar surface area (TPSA) is 152 Å². The molecule has 2 N–H and O–H groups in total. The summed E-state index contributed by atoms with van der Waals surface area (Å²) in [6.07, 6.45) is 3.42. The molecule has 1 aliphatic heterocycles. The third-order valence-electron chi connectivity index (χ3n) is 6.44. The lowest BCUT2D eigenvalue weighted by Gasteiger charge is -2.19. The number of aromatic nitrogens is 1. The summed E-state index contributed by atoms with van der Waals surface area (Å²) in [4.78, 5) is 43.8. The molecule has 0 aliphatic carbocycles. The maximum absolute atomic E-state index is 13.4. The second kappa shape index (κ2) is 14.1. The van der Waals surface area contributed by atoms with Crippen LogP contribution in [0.2, 0.25) is 0 Å². The van der Waals surface area contributed by atoms with E-state index in [1.807, 2.05) is 37.3 Å². The fourth-order valence-corrected chi connectivity index (χ4v) is 4.51. The molecule has 5 rings (SSSR count). The number of nitriles is 1. The van der Waals surface area contributed by atoms with Gasteiger partial charge in [-0.3, -0.25) is 9.78 Å². The molecule has 1 amide bonds. The molecule has 1 aliphatic rings. The van der Waals surface area contributed by atoms with Crippen LogP contribution in [0.5, 0.6) is 17.2 Å². The van der Waals surface area contributed by atoms with Crippen molar-refractivity contribution in [3.8, 4) is 23.3 Å². The number of pyridine rings is 1. The van der Waals surface area contributed by atoms with Crippen molar-refractivity contribution in [1.82, 2.24) is 9.88 Å². The van der Waals surface area contributed by atoms with Gasteiger partial charge in [-0.15, -0.1) is 0 Å². The van der Waals surface area contributed by atoms with Crippen molar-refractivity contribution in [2.45, 2.75) is 6.92 Å². The third kappa shape index (κ3) is 7.47. The van der Waals surface area contributed by atoms with E-state index in [1.54, 1.807) is 61.6 Å². The van der Waals surface area contributed by atoms with Crippen LogP contribution < -0.4 is 20.1 Å². The molecule has 46 heavy (non-hydrogen) atoms. The average Bonchev–Trinajstić information content (AvgIpc) is 3.03. The predicted octanol–water partition coefficient (Wildman–Crippen LogP) is 5.41. The molecule has 0 unspecified atom stereocenters. The van der Waals surface area contributed by atoms with Crippen LogP contribution in [-0.4, -0.2) is 55.0 Å². The summed E-state index contributed by atoms with van der Waals surface area (Å²) in [6, 6.07) is 21.4. The fraction of sp³-hybridized carbons (Fsp3) is 0.147. The normalized spacial score (nSPS) is 15.2. The van der Waals surface area contributed by atoms with E-state index < -0.39 is 23.6 Å². The van der Waals surface area contributed by atoms with Gasteiger partial charge in [-0.25, -0.2) is 9.59 Å². The maximum atomic E-state index is 13.4. The van der Waals surface area contributed by atoms with Crippen molar-refractivity contribution in [2.75, 3.05) is 37.9 Å². The van der Waals surface area contributed by atoms with Crippen molar-refractivity contribution in [3.05, 3.63) is 102 Å². The van der Waals surface area contributed by atoms with Gasteiger partial charge in [0.05, 0.1) is 29.9 Å². The lowest BCUT2D eigenvalue weighted by molar-refractivity contribution is -0.142. The molecule has 0 spiro atoms. The van der Waals surface area contributed by atoms with Crippen molar-refractivity contribution in [2.24, 2.45) is 0 Å². The minimum atomic E-state index is -0.897. The Labute approximate surface area is 264 Å². The molecule has 1 aromatic heterocycles. The third-order valence-corrected chi connectivity index (χ3v) is 6.44. The monoisotopic (exact) mass is 619 g/mol. The number of fused-ring (bicyclic) bond motifs is 1. The fourth-order valence-electron chi connectivity index (χ4n) is 4.51. The predicted molar refractivity (Wildman–Crippen MR) is 169 cm³/mol. The number of nitrogens with one attached hydrogen (secondary N) is 2. The molecule has 2 heterocycles. The minimum Gasteiger partial charge on any atom is -0.492 e. The Balaban J connectivity index is 1.48. The summed E-state index contributed by atoms with van der Waals surface area (Å²) in [7, 11) is 3.41. The van der Waals surface area contributed by atoms with E-state index in [4.69, 9.17) is 18.9 Å². The first kappa shape index (κ1) is 31.2. The van der Waals surface area contributed by atoms with E-state index in [2.05, 4.69) is 21.7 Å². The smallest absolute Gasteiger partial charge is 0.336 e. The lowest BCUT2D eigenvalue weighted by Crippen LogP contribution is -2.27. The molecule has 3 aromatic carbocycles. The Kier molecular flexibility index (Phi) is 9.55. The van der Waals surface area contributed by atoms with Gasteiger partial charge in [0.25, 0.3) is 5.91 Å². The van der Waals surface area contributed by atoms with Gasteiger partial charge >= 0.3 is 11.9 Å². The minimum absolute atomic E-state index is 0.0177. The van der Waals surface area contributed by atoms with E-state index in [9.17, 15) is 19.6 Å². The summed E-state index contributed by atoms with van der Waals surface area (Å²) in [6.45, 7) is 2.19. The SMILES string of the molecule is CCOc1cc(Oc2ccccc2)cc(C#N)c1Nc1ccnc2ccc(NC(=O)/C3=C(/CN(C)C)OC(=O)/C=C\C(=O)O3)cc12. The summed E-state index contributed by atoms with van der Waals surface area (Å²) in [5, 5.41) is 16.7. The second-order valence-corrected chi connectivity index (χ2v) is 10.1. The van der Waals surface area contributed by atoms with E-state index >= 15 is 0 Å². The number of amides is 1. The van der Waals surface area contributed by atoms with Crippen LogP contribution in [0.4, 0.5) is 17.1 Å². The number of rotatable bonds is 10. The number of ether oxygens (including phenoxy) is 4. The highest BCUT2D eigenvalue weighted by Gasteiger charge is 2.26. The molecule has 0 atom stereocenters. The van der Waals surface area contributed by atoms with Gasteiger partial charge in [0.2, 0.25) is 5.76 Å². The van der Waals surface area contributed by atoms with E-state index in [0.29, 0.717) is 51.8 Å². The van der Waals surface area contributed by atoms with Crippen LogP contribution >= 0.6 is 0 Å². The second-order valence-electron chi connectivity index (χ2n) is 10.1. The number of cyclic esters (lactones) is 2.